The average Bonchev–Trinajstić information content (AvgIpc) is 2.57. The fourth-order valence-electron chi connectivity index (χ4n) is 2.56. The molecule has 1 aliphatic rings. The molecule has 0 radical (unpaired) electrons. The van der Waals surface area contributed by atoms with Crippen LogP contribution >= 0.6 is 0 Å². The van der Waals surface area contributed by atoms with Gasteiger partial charge in [0, 0.05) is 32.2 Å². The van der Waals surface area contributed by atoms with Crippen LogP contribution < -0.4 is 10.6 Å². The standard InChI is InChI=1S/C15H20N4O5/c1-24-15(21)11-4-2-5-12(19(22)23)14(11)17-6-3-8-18-9-7-16-13(20)10-18/h2,4-5,17H,3,6-10H2,1H3,(H,16,20). The third kappa shape index (κ3) is 4.42. The van der Waals surface area contributed by atoms with E-state index in [1.54, 1.807) is 0 Å². The zero-order chi connectivity index (χ0) is 17.5. The van der Waals surface area contributed by atoms with Crippen LogP contribution in [0.5, 0.6) is 0 Å². The highest BCUT2D eigenvalue weighted by molar-refractivity contribution is 5.98. The molecule has 1 saturated heterocycles. The number of benzene rings is 1. The van der Waals surface area contributed by atoms with E-state index in [4.69, 9.17) is 0 Å². The second-order valence-corrected chi connectivity index (χ2v) is 5.35. The lowest BCUT2D eigenvalue weighted by Crippen LogP contribution is -2.47. The molecule has 1 fully saturated rings. The van der Waals surface area contributed by atoms with E-state index in [0.717, 1.165) is 6.54 Å². The van der Waals surface area contributed by atoms with Crippen molar-refractivity contribution in [2.45, 2.75) is 6.42 Å². The topological polar surface area (TPSA) is 114 Å². The van der Waals surface area contributed by atoms with Crippen LogP contribution in [0.15, 0.2) is 18.2 Å². The number of para-hydroxylation sites is 1. The predicted molar refractivity (Wildman–Crippen MR) is 87.0 cm³/mol. The van der Waals surface area contributed by atoms with Gasteiger partial charge in [-0.25, -0.2) is 4.79 Å². The van der Waals surface area contributed by atoms with E-state index in [1.807, 2.05) is 4.90 Å². The van der Waals surface area contributed by atoms with Crippen LogP contribution in [-0.4, -0.2) is 61.5 Å². The second kappa shape index (κ2) is 8.25. The third-order valence-electron chi connectivity index (χ3n) is 3.71. The molecule has 1 aromatic carbocycles. The van der Waals surface area contributed by atoms with Gasteiger partial charge in [0.05, 0.1) is 24.1 Å². The lowest BCUT2D eigenvalue weighted by Gasteiger charge is -2.26. The highest BCUT2D eigenvalue weighted by Gasteiger charge is 2.22. The predicted octanol–water partition coefficient (Wildman–Crippen LogP) is 0.615. The van der Waals surface area contributed by atoms with Crippen molar-refractivity contribution in [3.63, 3.8) is 0 Å². The molecule has 1 aliphatic heterocycles. The molecule has 0 spiro atoms. The Morgan fingerprint density at radius 2 is 2.29 bits per heavy atom. The maximum Gasteiger partial charge on any atom is 0.340 e. The van der Waals surface area contributed by atoms with Crippen molar-refractivity contribution in [3.05, 3.63) is 33.9 Å². The van der Waals surface area contributed by atoms with Gasteiger partial charge in [-0.1, -0.05) is 6.07 Å². The lowest BCUT2D eigenvalue weighted by molar-refractivity contribution is -0.384. The largest absolute Gasteiger partial charge is 0.465 e. The minimum Gasteiger partial charge on any atom is -0.465 e. The number of nitro groups is 1. The Hall–Kier alpha value is -2.68. The smallest absolute Gasteiger partial charge is 0.340 e. The molecule has 24 heavy (non-hydrogen) atoms. The summed E-state index contributed by atoms with van der Waals surface area (Å²) < 4.78 is 4.67. The summed E-state index contributed by atoms with van der Waals surface area (Å²) in [7, 11) is 1.23. The van der Waals surface area contributed by atoms with Crippen LogP contribution in [0.25, 0.3) is 0 Å². The van der Waals surface area contributed by atoms with E-state index in [-0.39, 0.29) is 22.8 Å². The van der Waals surface area contributed by atoms with Gasteiger partial charge >= 0.3 is 5.97 Å². The monoisotopic (exact) mass is 336 g/mol. The normalized spacial score (nSPS) is 14.8. The number of hydrogen-bond donors (Lipinski definition) is 2. The Morgan fingerprint density at radius 3 is 2.96 bits per heavy atom. The van der Waals surface area contributed by atoms with Gasteiger partial charge in [-0.05, 0) is 12.5 Å². The third-order valence-corrected chi connectivity index (χ3v) is 3.71. The molecule has 1 amide bonds. The highest BCUT2D eigenvalue weighted by Crippen LogP contribution is 2.28. The van der Waals surface area contributed by atoms with Crippen LogP contribution in [0.2, 0.25) is 0 Å². The molecular formula is C15H20N4O5. The van der Waals surface area contributed by atoms with Crippen molar-refractivity contribution < 1.29 is 19.2 Å². The Morgan fingerprint density at radius 1 is 1.50 bits per heavy atom. The van der Waals surface area contributed by atoms with Crippen molar-refractivity contribution in [3.8, 4) is 0 Å². The van der Waals surface area contributed by atoms with Gasteiger partial charge in [0.2, 0.25) is 5.91 Å². The zero-order valence-corrected chi connectivity index (χ0v) is 13.4. The minimum atomic E-state index is -0.631. The molecule has 130 valence electrons. The summed E-state index contributed by atoms with van der Waals surface area (Å²) in [4.78, 5) is 35.7. The number of anilines is 1. The number of rotatable bonds is 7. The first kappa shape index (κ1) is 17.7. The highest BCUT2D eigenvalue weighted by atomic mass is 16.6. The molecule has 1 heterocycles. The number of nitrogens with one attached hydrogen (secondary N) is 2. The first-order valence-electron chi connectivity index (χ1n) is 7.61. The van der Waals surface area contributed by atoms with Gasteiger partial charge in [-0.15, -0.1) is 0 Å². The van der Waals surface area contributed by atoms with Gasteiger partial charge in [0.1, 0.15) is 5.69 Å². The van der Waals surface area contributed by atoms with Crippen molar-refractivity contribution in [1.82, 2.24) is 10.2 Å². The van der Waals surface area contributed by atoms with E-state index < -0.39 is 10.9 Å². The quantitative estimate of drug-likeness (QED) is 0.325. The Balaban J connectivity index is 1.98. The number of hydrogen-bond acceptors (Lipinski definition) is 7. The van der Waals surface area contributed by atoms with Crippen molar-refractivity contribution in [2.24, 2.45) is 0 Å². The number of carbonyl (C=O) groups excluding carboxylic acids is 2. The van der Waals surface area contributed by atoms with Crippen LogP contribution in [0, 0.1) is 10.1 Å². The summed E-state index contributed by atoms with van der Waals surface area (Å²) in [6, 6.07) is 4.27. The van der Waals surface area contributed by atoms with E-state index in [0.29, 0.717) is 32.6 Å². The first-order valence-corrected chi connectivity index (χ1v) is 7.61. The van der Waals surface area contributed by atoms with Gasteiger partial charge < -0.3 is 15.4 Å². The summed E-state index contributed by atoms with van der Waals surface area (Å²) in [6.07, 6.45) is 0.680. The summed E-state index contributed by atoms with van der Waals surface area (Å²) in [5.74, 6) is -0.630. The lowest BCUT2D eigenvalue weighted by atomic mass is 10.1. The number of nitrogens with zero attached hydrogens (tertiary/aromatic N) is 2. The number of nitro benzene ring substituents is 1. The number of ether oxygens (including phenoxy) is 1. The van der Waals surface area contributed by atoms with Gasteiger partial charge in [-0.3, -0.25) is 19.8 Å². The van der Waals surface area contributed by atoms with Gasteiger partial charge in [0.15, 0.2) is 0 Å². The maximum atomic E-state index is 11.8. The molecule has 2 N–H and O–H groups in total. The Bertz CT molecular complexity index is 634. The van der Waals surface area contributed by atoms with Crippen molar-refractivity contribution in [2.75, 3.05) is 45.2 Å². The molecule has 0 aliphatic carbocycles. The Kier molecular flexibility index (Phi) is 6.07. The van der Waals surface area contributed by atoms with Crippen molar-refractivity contribution >= 4 is 23.3 Å². The van der Waals surface area contributed by atoms with E-state index >= 15 is 0 Å². The van der Waals surface area contributed by atoms with Crippen LogP contribution in [0.3, 0.4) is 0 Å². The minimum absolute atomic E-state index is 0.000818. The van der Waals surface area contributed by atoms with Crippen LogP contribution in [-0.2, 0) is 9.53 Å². The SMILES string of the molecule is COC(=O)c1cccc([N+](=O)[O-])c1NCCCN1CCNC(=O)C1. The molecule has 2 rings (SSSR count). The van der Waals surface area contributed by atoms with Crippen molar-refractivity contribution in [1.29, 1.82) is 0 Å². The average molecular weight is 336 g/mol. The molecule has 0 bridgehead atoms. The summed E-state index contributed by atoms with van der Waals surface area (Å²) >= 11 is 0. The fourth-order valence-corrected chi connectivity index (χ4v) is 2.56. The number of methoxy groups -OCH3 is 1. The van der Waals surface area contributed by atoms with E-state index in [1.165, 1.54) is 25.3 Å². The van der Waals surface area contributed by atoms with E-state index in [9.17, 15) is 19.7 Å². The number of amides is 1. The molecule has 9 heteroatoms. The summed E-state index contributed by atoms with van der Waals surface area (Å²) in [6.45, 7) is 2.90. The molecule has 1 aromatic rings. The number of esters is 1. The van der Waals surface area contributed by atoms with E-state index in [2.05, 4.69) is 15.4 Å². The van der Waals surface area contributed by atoms with Gasteiger partial charge in [0.25, 0.3) is 5.69 Å². The first-order chi connectivity index (χ1) is 11.5. The molecule has 0 atom stereocenters. The molecular weight excluding hydrogens is 316 g/mol. The number of piperazine rings is 1. The van der Waals surface area contributed by atoms with Crippen LogP contribution in [0.4, 0.5) is 11.4 Å². The maximum absolute atomic E-state index is 11.8. The Labute approximate surface area is 139 Å². The summed E-state index contributed by atoms with van der Waals surface area (Å²) in [5, 5.41) is 16.9. The molecule has 0 saturated carbocycles. The molecule has 9 nitrogen and oxygen atoms in total. The number of carbonyl (C=O) groups is 2. The second-order valence-electron chi connectivity index (χ2n) is 5.35. The molecule has 0 unspecified atom stereocenters. The zero-order valence-electron chi connectivity index (χ0n) is 13.4. The van der Waals surface area contributed by atoms with Crippen LogP contribution in [0.1, 0.15) is 16.8 Å². The molecule has 0 aromatic heterocycles. The fraction of sp³-hybridized carbons (Fsp3) is 0.467. The summed E-state index contributed by atoms with van der Waals surface area (Å²) in [5.41, 5.74) is 0.116. The van der Waals surface area contributed by atoms with Gasteiger partial charge in [-0.2, -0.15) is 0 Å².